The van der Waals surface area contributed by atoms with Crippen molar-refractivity contribution in [2.75, 3.05) is 4.90 Å². The first-order chi connectivity index (χ1) is 19.8. The van der Waals surface area contributed by atoms with E-state index in [-0.39, 0.29) is 0 Å². The summed E-state index contributed by atoms with van der Waals surface area (Å²) in [6, 6.07) is 40.5. The van der Waals surface area contributed by atoms with Crippen molar-refractivity contribution < 1.29 is 9.15 Å². The molecule has 0 fully saturated rings. The van der Waals surface area contributed by atoms with E-state index in [0.717, 1.165) is 68.0 Å². The molecule has 2 aliphatic rings. The van der Waals surface area contributed by atoms with E-state index in [1.54, 1.807) is 0 Å². The van der Waals surface area contributed by atoms with Gasteiger partial charge < -0.3 is 9.15 Å². The molecular formula is C37H23NO2. The Kier molecular flexibility index (Phi) is 4.39. The summed E-state index contributed by atoms with van der Waals surface area (Å²) in [5.41, 5.74) is 9.54. The van der Waals surface area contributed by atoms with Crippen LogP contribution in [-0.4, -0.2) is 0 Å². The van der Waals surface area contributed by atoms with Crippen molar-refractivity contribution in [1.29, 1.82) is 0 Å². The lowest BCUT2D eigenvalue weighted by molar-refractivity contribution is 0.473. The first kappa shape index (κ1) is 21.6. The molecule has 3 heteroatoms. The van der Waals surface area contributed by atoms with Gasteiger partial charge in [-0.3, -0.25) is 4.90 Å². The van der Waals surface area contributed by atoms with E-state index in [4.69, 9.17) is 9.15 Å². The summed E-state index contributed by atoms with van der Waals surface area (Å²) >= 11 is 0. The molecule has 0 saturated heterocycles. The van der Waals surface area contributed by atoms with Crippen molar-refractivity contribution in [1.82, 2.24) is 0 Å². The number of fused-ring (bicyclic) bond motifs is 6. The minimum absolute atomic E-state index is 0.826. The Bertz CT molecular complexity index is 2170. The minimum Gasteiger partial charge on any atom is -0.454 e. The van der Waals surface area contributed by atoms with Crippen molar-refractivity contribution >= 4 is 55.8 Å². The van der Waals surface area contributed by atoms with Crippen LogP contribution in [0.25, 0.3) is 49.9 Å². The average Bonchev–Trinajstić information content (AvgIpc) is 3.40. The summed E-state index contributed by atoms with van der Waals surface area (Å²) in [5.74, 6) is 1.75. The number of benzene rings is 6. The molecule has 0 saturated carbocycles. The lowest BCUT2D eigenvalue weighted by Gasteiger charge is -2.35. The van der Waals surface area contributed by atoms with Gasteiger partial charge in [0.1, 0.15) is 5.58 Å². The minimum atomic E-state index is 0.826. The van der Waals surface area contributed by atoms with Crippen LogP contribution in [0.4, 0.5) is 17.1 Å². The standard InChI is InChI=1S/C37H23NO2/c1-2-9-23(10-3-1)25-19-20-30-34(22-25)40-37-29-16-7-12-24-11-6-13-26(35(24)29)21-32(37)38(30)31-17-8-15-28-27-14-4-5-18-33(27)39-36(28)31/h1-15,17-22H,16H2. The van der Waals surface area contributed by atoms with E-state index in [0.29, 0.717) is 0 Å². The van der Waals surface area contributed by atoms with Gasteiger partial charge in [0.2, 0.25) is 0 Å². The van der Waals surface area contributed by atoms with Crippen LogP contribution in [0.1, 0.15) is 11.1 Å². The Hall–Kier alpha value is -5.28. The molecule has 6 aromatic carbocycles. The van der Waals surface area contributed by atoms with E-state index in [1.807, 2.05) is 18.2 Å². The normalized spacial score (nSPS) is 13.4. The summed E-state index contributed by atoms with van der Waals surface area (Å²) in [5, 5.41) is 4.71. The largest absolute Gasteiger partial charge is 0.454 e. The smallest absolute Gasteiger partial charge is 0.159 e. The molecule has 0 amide bonds. The SMILES string of the molecule is C1=Cc2cccc3cc4c(c(c23)C1)Oc1cc(-c2ccccc2)ccc1N4c1cccc2c1oc1ccccc12. The van der Waals surface area contributed by atoms with E-state index in [1.165, 1.54) is 21.9 Å². The van der Waals surface area contributed by atoms with Gasteiger partial charge >= 0.3 is 0 Å². The van der Waals surface area contributed by atoms with Crippen LogP contribution in [0.3, 0.4) is 0 Å². The third-order valence-electron chi connectivity index (χ3n) is 8.23. The molecule has 0 atom stereocenters. The number of hydrogen-bond donors (Lipinski definition) is 0. The Balaban J connectivity index is 1.36. The second-order valence-electron chi connectivity index (χ2n) is 10.5. The molecule has 0 radical (unpaired) electrons. The Morgan fingerprint density at radius 2 is 1.48 bits per heavy atom. The first-order valence-electron chi connectivity index (χ1n) is 13.7. The fraction of sp³-hybridized carbons (Fsp3) is 0.0270. The molecule has 1 aliphatic carbocycles. The van der Waals surface area contributed by atoms with Gasteiger partial charge in [0, 0.05) is 16.3 Å². The quantitative estimate of drug-likeness (QED) is 0.230. The summed E-state index contributed by atoms with van der Waals surface area (Å²) in [6.07, 6.45) is 5.28. The van der Waals surface area contributed by atoms with Crippen LogP contribution in [0.2, 0.25) is 0 Å². The molecule has 1 aromatic heterocycles. The second kappa shape index (κ2) is 8.11. The van der Waals surface area contributed by atoms with Crippen LogP contribution in [0.15, 0.2) is 126 Å². The molecular weight excluding hydrogens is 490 g/mol. The van der Waals surface area contributed by atoms with Gasteiger partial charge in [-0.15, -0.1) is 0 Å². The molecule has 0 unspecified atom stereocenters. The van der Waals surface area contributed by atoms with E-state index in [2.05, 4.69) is 114 Å². The van der Waals surface area contributed by atoms with Crippen molar-refractivity contribution in [3.05, 3.63) is 132 Å². The summed E-state index contributed by atoms with van der Waals surface area (Å²) in [6.45, 7) is 0. The highest BCUT2D eigenvalue weighted by Crippen LogP contribution is 2.56. The number of ether oxygens (including phenoxy) is 1. The zero-order valence-corrected chi connectivity index (χ0v) is 21.6. The molecule has 7 aromatic rings. The number of furan rings is 1. The number of rotatable bonds is 2. The van der Waals surface area contributed by atoms with Crippen LogP contribution in [0, 0.1) is 0 Å². The molecule has 3 nitrogen and oxygen atoms in total. The van der Waals surface area contributed by atoms with Crippen LogP contribution >= 0.6 is 0 Å². The second-order valence-corrected chi connectivity index (χ2v) is 10.5. The third kappa shape index (κ3) is 3.00. The van der Waals surface area contributed by atoms with E-state index < -0.39 is 0 Å². The van der Waals surface area contributed by atoms with Gasteiger partial charge in [0.25, 0.3) is 0 Å². The molecule has 40 heavy (non-hydrogen) atoms. The maximum Gasteiger partial charge on any atom is 0.159 e. The summed E-state index contributed by atoms with van der Waals surface area (Å²) in [7, 11) is 0. The Morgan fingerprint density at radius 3 is 2.42 bits per heavy atom. The van der Waals surface area contributed by atoms with E-state index in [9.17, 15) is 0 Å². The van der Waals surface area contributed by atoms with Gasteiger partial charge in [0.05, 0.1) is 17.1 Å². The van der Waals surface area contributed by atoms with Crippen LogP contribution in [-0.2, 0) is 6.42 Å². The number of anilines is 3. The lowest BCUT2D eigenvalue weighted by Crippen LogP contribution is -2.17. The fourth-order valence-corrected chi connectivity index (χ4v) is 6.45. The van der Waals surface area contributed by atoms with Crippen LogP contribution in [0.5, 0.6) is 11.5 Å². The summed E-state index contributed by atoms with van der Waals surface area (Å²) in [4.78, 5) is 2.33. The Morgan fingerprint density at radius 1 is 0.625 bits per heavy atom. The maximum absolute atomic E-state index is 6.88. The van der Waals surface area contributed by atoms with Gasteiger partial charge in [-0.05, 0) is 64.2 Å². The van der Waals surface area contributed by atoms with Crippen molar-refractivity contribution in [3.63, 3.8) is 0 Å². The zero-order valence-electron chi connectivity index (χ0n) is 21.6. The fourth-order valence-electron chi connectivity index (χ4n) is 6.45. The van der Waals surface area contributed by atoms with Gasteiger partial charge in [-0.25, -0.2) is 0 Å². The number of para-hydroxylation sites is 2. The topological polar surface area (TPSA) is 25.6 Å². The first-order valence-corrected chi connectivity index (χ1v) is 13.7. The predicted octanol–water partition coefficient (Wildman–Crippen LogP) is 10.6. The molecule has 0 N–H and O–H groups in total. The predicted molar refractivity (Wildman–Crippen MR) is 164 cm³/mol. The zero-order chi connectivity index (χ0) is 26.2. The lowest BCUT2D eigenvalue weighted by atomic mass is 9.90. The van der Waals surface area contributed by atoms with E-state index >= 15 is 0 Å². The summed E-state index contributed by atoms with van der Waals surface area (Å²) < 4.78 is 13.4. The van der Waals surface area contributed by atoms with Crippen molar-refractivity contribution in [3.8, 4) is 22.6 Å². The average molecular weight is 514 g/mol. The highest BCUT2D eigenvalue weighted by molar-refractivity contribution is 6.12. The van der Waals surface area contributed by atoms with Crippen molar-refractivity contribution in [2.24, 2.45) is 0 Å². The third-order valence-corrected chi connectivity index (χ3v) is 8.23. The molecule has 0 bridgehead atoms. The molecule has 2 heterocycles. The molecule has 0 spiro atoms. The van der Waals surface area contributed by atoms with Gasteiger partial charge in [-0.1, -0.05) is 97.1 Å². The maximum atomic E-state index is 6.88. The monoisotopic (exact) mass is 513 g/mol. The number of hydrogen-bond acceptors (Lipinski definition) is 3. The Labute approximate surface area is 231 Å². The molecule has 188 valence electrons. The number of nitrogens with zero attached hydrogens (tertiary/aromatic N) is 1. The van der Waals surface area contributed by atoms with Crippen LogP contribution < -0.4 is 9.64 Å². The van der Waals surface area contributed by atoms with Crippen molar-refractivity contribution in [2.45, 2.75) is 6.42 Å². The number of allylic oxidation sites excluding steroid dienone is 1. The highest BCUT2D eigenvalue weighted by atomic mass is 16.5. The molecule has 1 aliphatic heterocycles. The highest BCUT2D eigenvalue weighted by Gasteiger charge is 2.32. The molecule has 9 rings (SSSR count). The van der Waals surface area contributed by atoms with Gasteiger partial charge in [0.15, 0.2) is 17.1 Å². The van der Waals surface area contributed by atoms with Gasteiger partial charge in [-0.2, -0.15) is 0 Å².